The molecule has 2 aliphatic rings. The van der Waals surface area contributed by atoms with Crippen LogP contribution in [-0.2, 0) is 4.79 Å². The average molecular weight is 367 g/mol. The summed E-state index contributed by atoms with van der Waals surface area (Å²) in [6.45, 7) is 4.80. The van der Waals surface area contributed by atoms with Crippen LogP contribution in [0.5, 0.6) is 11.5 Å². The predicted octanol–water partition coefficient (Wildman–Crippen LogP) is 2.97. The number of nitrogens with zero attached hydrogens (tertiary/aromatic N) is 1. The number of benzene rings is 2. The molecule has 6 nitrogen and oxygen atoms in total. The summed E-state index contributed by atoms with van der Waals surface area (Å²) in [6.07, 6.45) is 1.02. The molecule has 1 fully saturated rings. The Bertz CT molecular complexity index is 797. The molecule has 6 heteroatoms. The van der Waals surface area contributed by atoms with Gasteiger partial charge in [-0.15, -0.1) is 0 Å². The van der Waals surface area contributed by atoms with Crippen LogP contribution in [0.3, 0.4) is 0 Å². The number of ether oxygens (including phenoxy) is 2. The van der Waals surface area contributed by atoms with E-state index in [0.717, 1.165) is 36.6 Å². The fraction of sp³-hybridized carbons (Fsp3) is 0.381. The van der Waals surface area contributed by atoms with Gasteiger partial charge >= 0.3 is 0 Å². The molecule has 2 aromatic carbocycles. The first-order valence-electron chi connectivity index (χ1n) is 9.45. The maximum absolute atomic E-state index is 12.7. The van der Waals surface area contributed by atoms with Gasteiger partial charge in [-0.05, 0) is 37.6 Å². The van der Waals surface area contributed by atoms with Crippen molar-refractivity contribution in [3.8, 4) is 11.5 Å². The zero-order valence-electron chi connectivity index (χ0n) is 15.5. The molecule has 2 atom stereocenters. The highest BCUT2D eigenvalue weighted by Crippen LogP contribution is 2.32. The van der Waals surface area contributed by atoms with Crippen LogP contribution >= 0.6 is 0 Å². The molecule has 4 rings (SSSR count). The average Bonchev–Trinajstić information content (AvgIpc) is 3.16. The van der Waals surface area contributed by atoms with E-state index < -0.39 is 0 Å². The smallest absolute Gasteiger partial charge is 0.241 e. The number of hydrogen-bond donors (Lipinski definition) is 2. The second kappa shape index (κ2) is 7.88. The highest BCUT2D eigenvalue weighted by molar-refractivity contribution is 5.94. The highest BCUT2D eigenvalue weighted by atomic mass is 16.6. The maximum Gasteiger partial charge on any atom is 0.241 e. The van der Waals surface area contributed by atoms with Crippen LogP contribution in [0.4, 0.5) is 11.4 Å². The molecule has 0 saturated carbocycles. The van der Waals surface area contributed by atoms with Crippen molar-refractivity contribution in [1.82, 2.24) is 4.90 Å². The summed E-state index contributed by atoms with van der Waals surface area (Å²) in [5.41, 5.74) is 1.85. The van der Waals surface area contributed by atoms with E-state index in [1.165, 1.54) is 0 Å². The Balaban J connectivity index is 1.33. The predicted molar refractivity (Wildman–Crippen MR) is 106 cm³/mol. The topological polar surface area (TPSA) is 62.8 Å². The Hall–Kier alpha value is -2.73. The lowest BCUT2D eigenvalue weighted by Gasteiger charge is -2.24. The number of anilines is 2. The Morgan fingerprint density at radius 1 is 1.07 bits per heavy atom. The van der Waals surface area contributed by atoms with Gasteiger partial charge in [0.15, 0.2) is 11.5 Å². The van der Waals surface area contributed by atoms with E-state index in [2.05, 4.69) is 27.7 Å². The van der Waals surface area contributed by atoms with Gasteiger partial charge in [0.1, 0.15) is 13.2 Å². The summed E-state index contributed by atoms with van der Waals surface area (Å²) >= 11 is 0. The molecule has 2 aliphatic heterocycles. The van der Waals surface area contributed by atoms with Crippen molar-refractivity contribution in [1.29, 1.82) is 0 Å². The minimum atomic E-state index is -0.194. The summed E-state index contributed by atoms with van der Waals surface area (Å²) in [6, 6.07) is 15.9. The summed E-state index contributed by atoms with van der Waals surface area (Å²) in [5, 5.41) is 6.54. The van der Waals surface area contributed by atoms with Gasteiger partial charge in [0, 0.05) is 36.6 Å². The van der Waals surface area contributed by atoms with Crippen molar-refractivity contribution in [3.05, 3.63) is 48.5 Å². The lowest BCUT2D eigenvalue weighted by Crippen LogP contribution is -2.41. The molecule has 0 radical (unpaired) electrons. The molecule has 0 unspecified atom stereocenters. The van der Waals surface area contributed by atoms with Crippen LogP contribution in [0.15, 0.2) is 48.5 Å². The summed E-state index contributed by atoms with van der Waals surface area (Å²) in [4.78, 5) is 14.9. The fourth-order valence-electron chi connectivity index (χ4n) is 3.56. The molecule has 1 saturated heterocycles. The molecule has 142 valence electrons. The highest BCUT2D eigenvalue weighted by Gasteiger charge is 2.29. The number of para-hydroxylation sites is 1. The van der Waals surface area contributed by atoms with Crippen molar-refractivity contribution >= 4 is 17.3 Å². The number of rotatable bonds is 5. The molecular formula is C21H25N3O3. The van der Waals surface area contributed by atoms with Crippen LogP contribution in [0.1, 0.15) is 13.3 Å². The van der Waals surface area contributed by atoms with Gasteiger partial charge in [-0.25, -0.2) is 0 Å². The third kappa shape index (κ3) is 4.17. The number of fused-ring (bicyclic) bond motifs is 1. The standard InChI is InChI=1S/C21H25N3O3/c1-15(24-10-9-18(14-24)22-16-5-3-2-4-6-16)21(25)23-17-7-8-19-20(13-17)27-12-11-26-19/h2-8,13,15,18,22H,9-12,14H2,1H3,(H,23,25)/t15-,18+/m0/s1. The van der Waals surface area contributed by atoms with Crippen molar-refractivity contribution in [2.45, 2.75) is 25.4 Å². The van der Waals surface area contributed by atoms with E-state index in [0.29, 0.717) is 25.0 Å². The summed E-state index contributed by atoms with van der Waals surface area (Å²) in [5.74, 6) is 1.40. The molecule has 0 aromatic heterocycles. The SMILES string of the molecule is C[C@@H](C(=O)Nc1ccc2c(c1)OCCO2)N1CC[C@@H](Nc2ccccc2)C1. The molecule has 0 bridgehead atoms. The zero-order chi connectivity index (χ0) is 18.6. The quantitative estimate of drug-likeness (QED) is 0.851. The van der Waals surface area contributed by atoms with E-state index in [1.807, 2.05) is 43.3 Å². The van der Waals surface area contributed by atoms with Crippen LogP contribution < -0.4 is 20.1 Å². The van der Waals surface area contributed by atoms with Crippen LogP contribution in [0.2, 0.25) is 0 Å². The number of likely N-dealkylation sites (tertiary alicyclic amines) is 1. The molecule has 0 aliphatic carbocycles. The van der Waals surface area contributed by atoms with Gasteiger partial charge in [0.05, 0.1) is 6.04 Å². The van der Waals surface area contributed by atoms with Crippen molar-refractivity contribution in [2.24, 2.45) is 0 Å². The van der Waals surface area contributed by atoms with Crippen LogP contribution in [0.25, 0.3) is 0 Å². The Labute approximate surface area is 159 Å². The Kier molecular flexibility index (Phi) is 5.16. The number of hydrogen-bond acceptors (Lipinski definition) is 5. The van der Waals surface area contributed by atoms with Crippen molar-refractivity contribution in [2.75, 3.05) is 36.9 Å². The third-order valence-electron chi connectivity index (χ3n) is 5.10. The summed E-state index contributed by atoms with van der Waals surface area (Å²) in [7, 11) is 0. The lowest BCUT2D eigenvalue weighted by molar-refractivity contribution is -0.120. The second-order valence-electron chi connectivity index (χ2n) is 7.01. The van der Waals surface area contributed by atoms with Crippen molar-refractivity contribution < 1.29 is 14.3 Å². The monoisotopic (exact) mass is 367 g/mol. The van der Waals surface area contributed by atoms with Crippen molar-refractivity contribution in [3.63, 3.8) is 0 Å². The number of carbonyl (C=O) groups is 1. The van der Waals surface area contributed by atoms with E-state index in [9.17, 15) is 4.79 Å². The minimum Gasteiger partial charge on any atom is -0.486 e. The minimum absolute atomic E-state index is 0.00737. The van der Waals surface area contributed by atoms with E-state index in [4.69, 9.17) is 9.47 Å². The first kappa shape index (κ1) is 17.7. The van der Waals surface area contributed by atoms with Gasteiger partial charge in [-0.1, -0.05) is 18.2 Å². The van der Waals surface area contributed by atoms with Gasteiger partial charge in [-0.2, -0.15) is 0 Å². The maximum atomic E-state index is 12.7. The van der Waals surface area contributed by atoms with Crippen LogP contribution in [0, 0.1) is 0 Å². The zero-order valence-corrected chi connectivity index (χ0v) is 15.5. The molecule has 0 spiro atoms. The Morgan fingerprint density at radius 2 is 1.85 bits per heavy atom. The van der Waals surface area contributed by atoms with E-state index in [1.54, 1.807) is 0 Å². The molecule has 2 N–H and O–H groups in total. The Morgan fingerprint density at radius 3 is 2.67 bits per heavy atom. The molecule has 27 heavy (non-hydrogen) atoms. The summed E-state index contributed by atoms with van der Waals surface area (Å²) < 4.78 is 11.1. The van der Waals surface area contributed by atoms with E-state index >= 15 is 0 Å². The molecule has 1 amide bonds. The number of carbonyl (C=O) groups excluding carboxylic acids is 1. The number of amides is 1. The molecule has 2 aromatic rings. The van der Waals surface area contributed by atoms with E-state index in [-0.39, 0.29) is 11.9 Å². The fourth-order valence-corrected chi connectivity index (χ4v) is 3.56. The van der Waals surface area contributed by atoms with Crippen LogP contribution in [-0.4, -0.2) is 49.2 Å². The number of nitrogens with one attached hydrogen (secondary N) is 2. The van der Waals surface area contributed by atoms with Gasteiger partial charge in [-0.3, -0.25) is 9.69 Å². The molecular weight excluding hydrogens is 342 g/mol. The molecule has 2 heterocycles. The second-order valence-corrected chi connectivity index (χ2v) is 7.01. The third-order valence-corrected chi connectivity index (χ3v) is 5.10. The van der Waals surface area contributed by atoms with Gasteiger partial charge in [0.25, 0.3) is 0 Å². The van der Waals surface area contributed by atoms with Gasteiger partial charge < -0.3 is 20.1 Å². The first-order valence-corrected chi connectivity index (χ1v) is 9.45. The first-order chi connectivity index (χ1) is 13.2. The largest absolute Gasteiger partial charge is 0.486 e. The lowest BCUT2D eigenvalue weighted by atomic mass is 10.2. The normalized spacial score (nSPS) is 20.1. The van der Waals surface area contributed by atoms with Gasteiger partial charge in [0.2, 0.25) is 5.91 Å².